The first-order valence-corrected chi connectivity index (χ1v) is 7.64. The Morgan fingerprint density at radius 2 is 1.90 bits per heavy atom. The number of halogens is 1. The van der Waals surface area contributed by atoms with Crippen LogP contribution in [-0.4, -0.2) is 29.9 Å². The van der Waals surface area contributed by atoms with Gasteiger partial charge in [0.2, 0.25) is 5.91 Å². The lowest BCUT2D eigenvalue weighted by molar-refractivity contribution is -0.140. The summed E-state index contributed by atoms with van der Waals surface area (Å²) in [5, 5.41) is 3.40. The van der Waals surface area contributed by atoms with Crippen molar-refractivity contribution < 1.29 is 9.18 Å². The van der Waals surface area contributed by atoms with Crippen LogP contribution >= 0.6 is 0 Å². The Kier molecular flexibility index (Phi) is 4.99. The van der Waals surface area contributed by atoms with Gasteiger partial charge in [-0.05, 0) is 18.9 Å². The second-order valence-corrected chi connectivity index (χ2v) is 6.79. The van der Waals surface area contributed by atoms with Gasteiger partial charge in [-0.3, -0.25) is 4.79 Å². The maximum atomic E-state index is 13.6. The number of piperidine rings is 1. The number of nitrogens with one attached hydrogen (secondary N) is 1. The molecule has 1 aliphatic heterocycles. The largest absolute Gasteiger partial charge is 0.342 e. The van der Waals surface area contributed by atoms with Crippen LogP contribution in [0.4, 0.5) is 4.39 Å². The molecule has 0 radical (unpaired) electrons. The summed E-state index contributed by atoms with van der Waals surface area (Å²) in [6.07, 6.45) is 1.85. The second kappa shape index (κ2) is 6.56. The SMILES string of the molecule is CC(C)(C)C(=O)N1CCC(NCc2ccccc2F)CC1. The van der Waals surface area contributed by atoms with E-state index < -0.39 is 0 Å². The lowest BCUT2D eigenvalue weighted by atomic mass is 9.93. The van der Waals surface area contributed by atoms with Crippen molar-refractivity contribution in [1.82, 2.24) is 10.2 Å². The van der Waals surface area contributed by atoms with Gasteiger partial charge >= 0.3 is 0 Å². The van der Waals surface area contributed by atoms with E-state index in [-0.39, 0.29) is 17.1 Å². The summed E-state index contributed by atoms with van der Waals surface area (Å²) in [5.41, 5.74) is 0.388. The number of rotatable bonds is 3. The fourth-order valence-corrected chi connectivity index (χ4v) is 2.66. The Labute approximate surface area is 126 Å². The highest BCUT2D eigenvalue weighted by atomic mass is 19.1. The van der Waals surface area contributed by atoms with Gasteiger partial charge in [-0.25, -0.2) is 4.39 Å². The molecule has 0 unspecified atom stereocenters. The van der Waals surface area contributed by atoms with Crippen LogP contribution in [0.3, 0.4) is 0 Å². The number of nitrogens with zero attached hydrogens (tertiary/aromatic N) is 1. The quantitative estimate of drug-likeness (QED) is 0.929. The zero-order valence-electron chi connectivity index (χ0n) is 13.2. The van der Waals surface area contributed by atoms with E-state index in [1.54, 1.807) is 12.1 Å². The van der Waals surface area contributed by atoms with Crippen molar-refractivity contribution in [2.45, 2.75) is 46.2 Å². The van der Waals surface area contributed by atoms with Crippen LogP contribution < -0.4 is 5.32 Å². The van der Waals surface area contributed by atoms with Gasteiger partial charge in [-0.15, -0.1) is 0 Å². The van der Waals surface area contributed by atoms with Crippen LogP contribution in [0.2, 0.25) is 0 Å². The van der Waals surface area contributed by atoms with E-state index in [1.807, 2.05) is 31.7 Å². The summed E-state index contributed by atoms with van der Waals surface area (Å²) in [7, 11) is 0. The minimum Gasteiger partial charge on any atom is -0.342 e. The molecule has 1 aromatic rings. The molecule has 1 heterocycles. The third-order valence-electron chi connectivity index (χ3n) is 3.96. The van der Waals surface area contributed by atoms with E-state index in [9.17, 15) is 9.18 Å². The van der Waals surface area contributed by atoms with E-state index in [0.29, 0.717) is 18.2 Å². The summed E-state index contributed by atoms with van der Waals surface area (Å²) in [6, 6.07) is 7.20. The third kappa shape index (κ3) is 4.27. The molecule has 0 aliphatic carbocycles. The van der Waals surface area contributed by atoms with E-state index in [1.165, 1.54) is 6.07 Å². The normalized spacial score (nSPS) is 17.0. The molecule has 1 N–H and O–H groups in total. The van der Waals surface area contributed by atoms with Gasteiger partial charge < -0.3 is 10.2 Å². The topological polar surface area (TPSA) is 32.3 Å². The summed E-state index contributed by atoms with van der Waals surface area (Å²) < 4.78 is 13.6. The Balaban J connectivity index is 1.80. The zero-order chi connectivity index (χ0) is 15.5. The minimum absolute atomic E-state index is 0.162. The van der Waals surface area contributed by atoms with E-state index in [4.69, 9.17) is 0 Å². The van der Waals surface area contributed by atoms with Gasteiger partial charge in [0.1, 0.15) is 5.82 Å². The van der Waals surface area contributed by atoms with Gasteiger partial charge in [0.25, 0.3) is 0 Å². The van der Waals surface area contributed by atoms with Crippen molar-refractivity contribution in [2.75, 3.05) is 13.1 Å². The number of likely N-dealkylation sites (tertiary alicyclic amines) is 1. The van der Waals surface area contributed by atoms with Crippen LogP contribution in [0, 0.1) is 11.2 Å². The molecule has 3 nitrogen and oxygen atoms in total. The molecule has 0 bridgehead atoms. The molecule has 0 spiro atoms. The molecule has 0 saturated carbocycles. The molecule has 21 heavy (non-hydrogen) atoms. The molecular weight excluding hydrogens is 267 g/mol. The highest BCUT2D eigenvalue weighted by Gasteiger charge is 2.30. The smallest absolute Gasteiger partial charge is 0.227 e. The first-order valence-electron chi connectivity index (χ1n) is 7.64. The molecule has 1 aliphatic rings. The van der Waals surface area contributed by atoms with E-state index in [2.05, 4.69) is 5.32 Å². The van der Waals surface area contributed by atoms with Gasteiger partial charge in [0, 0.05) is 36.7 Å². The lowest BCUT2D eigenvalue weighted by Gasteiger charge is -2.36. The van der Waals surface area contributed by atoms with Crippen LogP contribution in [0.1, 0.15) is 39.2 Å². The minimum atomic E-state index is -0.312. The van der Waals surface area contributed by atoms with Crippen LogP contribution in [-0.2, 0) is 11.3 Å². The highest BCUT2D eigenvalue weighted by Crippen LogP contribution is 2.21. The van der Waals surface area contributed by atoms with Gasteiger partial charge in [0.15, 0.2) is 0 Å². The van der Waals surface area contributed by atoms with Crippen molar-refractivity contribution in [3.63, 3.8) is 0 Å². The fraction of sp³-hybridized carbons (Fsp3) is 0.588. The number of carbonyl (C=O) groups is 1. The maximum absolute atomic E-state index is 13.6. The van der Waals surface area contributed by atoms with Gasteiger partial charge in [-0.1, -0.05) is 39.0 Å². The molecule has 116 valence electrons. The number of hydrogen-bond acceptors (Lipinski definition) is 2. The molecule has 1 amide bonds. The first-order chi connectivity index (χ1) is 9.88. The molecule has 1 saturated heterocycles. The number of hydrogen-bond donors (Lipinski definition) is 1. The monoisotopic (exact) mass is 292 g/mol. The second-order valence-electron chi connectivity index (χ2n) is 6.79. The van der Waals surface area contributed by atoms with Crippen molar-refractivity contribution in [1.29, 1.82) is 0 Å². The Morgan fingerprint density at radius 1 is 1.29 bits per heavy atom. The number of carbonyl (C=O) groups excluding carboxylic acids is 1. The molecule has 0 atom stereocenters. The number of benzene rings is 1. The van der Waals surface area contributed by atoms with E-state index in [0.717, 1.165) is 25.9 Å². The maximum Gasteiger partial charge on any atom is 0.227 e. The van der Waals surface area contributed by atoms with E-state index >= 15 is 0 Å². The summed E-state index contributed by atoms with van der Waals surface area (Å²) in [5.74, 6) is 0.0559. The standard InChI is InChI=1S/C17H25FN2O/c1-17(2,3)16(21)20-10-8-14(9-11-20)19-12-13-6-4-5-7-15(13)18/h4-7,14,19H,8-12H2,1-3H3. The number of amides is 1. The Bertz CT molecular complexity index is 488. The average Bonchev–Trinajstić information content (AvgIpc) is 2.45. The third-order valence-corrected chi connectivity index (χ3v) is 3.96. The van der Waals surface area contributed by atoms with Crippen LogP contribution in [0.15, 0.2) is 24.3 Å². The molecule has 1 aromatic carbocycles. The Morgan fingerprint density at radius 3 is 2.48 bits per heavy atom. The predicted octanol–water partition coefficient (Wildman–Crippen LogP) is 2.95. The van der Waals surface area contributed by atoms with Crippen LogP contribution in [0.5, 0.6) is 0 Å². The predicted molar refractivity (Wildman–Crippen MR) is 82.3 cm³/mol. The van der Waals surface area contributed by atoms with Crippen molar-refractivity contribution in [2.24, 2.45) is 5.41 Å². The molecule has 1 fully saturated rings. The van der Waals surface area contributed by atoms with Crippen molar-refractivity contribution in [3.8, 4) is 0 Å². The lowest BCUT2D eigenvalue weighted by Crippen LogP contribution is -2.48. The van der Waals surface area contributed by atoms with Gasteiger partial charge in [0.05, 0.1) is 0 Å². The average molecular weight is 292 g/mol. The summed E-state index contributed by atoms with van der Waals surface area (Å²) >= 11 is 0. The highest BCUT2D eigenvalue weighted by molar-refractivity contribution is 5.81. The summed E-state index contributed by atoms with van der Waals surface area (Å²) in [4.78, 5) is 14.2. The summed E-state index contributed by atoms with van der Waals surface area (Å²) in [6.45, 7) is 7.98. The Hall–Kier alpha value is -1.42. The molecule has 2 rings (SSSR count). The van der Waals surface area contributed by atoms with Crippen molar-refractivity contribution in [3.05, 3.63) is 35.6 Å². The molecule has 0 aromatic heterocycles. The fourth-order valence-electron chi connectivity index (χ4n) is 2.66. The first kappa shape index (κ1) is 16.0. The zero-order valence-corrected chi connectivity index (χ0v) is 13.2. The molecule has 4 heteroatoms. The van der Waals surface area contributed by atoms with Gasteiger partial charge in [-0.2, -0.15) is 0 Å². The molecular formula is C17H25FN2O. The van der Waals surface area contributed by atoms with Crippen molar-refractivity contribution >= 4 is 5.91 Å². The van der Waals surface area contributed by atoms with Crippen LogP contribution in [0.25, 0.3) is 0 Å².